The molecule has 3 aliphatic heterocycles. The third kappa shape index (κ3) is 6.78. The first-order valence-corrected chi connectivity index (χ1v) is 13.7. The number of ketones is 1. The van der Waals surface area contributed by atoms with Gasteiger partial charge in [-0.25, -0.2) is 0 Å². The molecule has 1 aliphatic carbocycles. The van der Waals surface area contributed by atoms with Crippen LogP contribution in [0.1, 0.15) is 77.0 Å². The predicted molar refractivity (Wildman–Crippen MR) is 131 cm³/mol. The lowest BCUT2D eigenvalue weighted by Crippen LogP contribution is -2.63. The van der Waals surface area contributed by atoms with Gasteiger partial charge in [-0.05, 0) is 62.7 Å². The minimum Gasteiger partial charge on any atom is -0.481 e. The fraction of sp³-hybridized carbons (Fsp3) is 0.815. The molecular weight excluding hydrogens is 516 g/mol. The highest BCUT2D eigenvalue weighted by Crippen LogP contribution is 2.69. The second-order valence-corrected chi connectivity index (χ2v) is 11.8. The Bertz CT molecular complexity index is 927. The Labute approximate surface area is 226 Å². The highest BCUT2D eigenvalue weighted by molar-refractivity contribution is 5.94. The maximum Gasteiger partial charge on any atom is 0.303 e. The fourth-order valence-electron chi connectivity index (χ4n) is 7.45. The molecule has 0 radical (unpaired) electrons. The normalized spacial score (nSPS) is 31.8. The first-order chi connectivity index (χ1) is 18.4. The molecule has 3 saturated heterocycles. The Morgan fingerprint density at radius 3 is 1.41 bits per heavy atom. The SMILES string of the molecule is O=C(O)CCC1(CCC(=O)O)CC(CC2CO2)C(CC2CO2)(CC2CO2)C(CCC(=O)O)(CCC(=O)O)C1=O. The molecule has 3 heterocycles. The molecule has 39 heavy (non-hydrogen) atoms. The van der Waals surface area contributed by atoms with Crippen molar-refractivity contribution in [2.75, 3.05) is 19.8 Å². The summed E-state index contributed by atoms with van der Waals surface area (Å²) >= 11 is 0. The largest absolute Gasteiger partial charge is 0.481 e. The van der Waals surface area contributed by atoms with E-state index in [4.69, 9.17) is 14.2 Å². The van der Waals surface area contributed by atoms with Gasteiger partial charge in [-0.3, -0.25) is 24.0 Å². The number of epoxide rings is 3. The monoisotopic (exact) mass is 554 g/mol. The highest BCUT2D eigenvalue weighted by Gasteiger charge is 2.69. The van der Waals surface area contributed by atoms with E-state index in [1.165, 1.54) is 0 Å². The molecular formula is C27H38O12. The van der Waals surface area contributed by atoms with Gasteiger partial charge in [0.15, 0.2) is 0 Å². The third-order valence-electron chi connectivity index (χ3n) is 9.39. The first-order valence-electron chi connectivity index (χ1n) is 13.7. The molecule has 4 unspecified atom stereocenters. The number of ether oxygens (including phenoxy) is 3. The molecule has 218 valence electrons. The van der Waals surface area contributed by atoms with Crippen molar-refractivity contribution in [2.24, 2.45) is 22.2 Å². The number of hydrogen-bond acceptors (Lipinski definition) is 8. The highest BCUT2D eigenvalue weighted by atomic mass is 16.6. The van der Waals surface area contributed by atoms with Crippen LogP contribution >= 0.6 is 0 Å². The minimum absolute atomic E-state index is 0.0869. The molecule has 0 amide bonds. The summed E-state index contributed by atoms with van der Waals surface area (Å²) in [6, 6.07) is 0. The predicted octanol–water partition coefficient (Wildman–Crippen LogP) is 2.36. The standard InChI is InChI=1S/C27H38O12/c28-20(29)1-5-25(6-2-21(30)31)10-16(9-17-13-37-17)27(11-18-14-38-18,12-19-15-39-19)26(24(25)36,7-3-22(32)33)8-4-23(34)35/h16-19H,1-15H2,(H,28,29)(H,30,31)(H,32,33)(H,34,35). The summed E-state index contributed by atoms with van der Waals surface area (Å²) in [6.07, 6.45) is -0.787. The Morgan fingerprint density at radius 2 is 1.05 bits per heavy atom. The third-order valence-corrected chi connectivity index (χ3v) is 9.39. The molecule has 0 bridgehead atoms. The van der Waals surface area contributed by atoms with Gasteiger partial charge in [0.2, 0.25) is 0 Å². The van der Waals surface area contributed by atoms with Gasteiger partial charge in [-0.1, -0.05) is 0 Å². The van der Waals surface area contributed by atoms with Gasteiger partial charge in [-0.2, -0.15) is 0 Å². The molecule has 4 atom stereocenters. The van der Waals surface area contributed by atoms with Crippen LogP contribution in [-0.4, -0.2) is 88.2 Å². The van der Waals surface area contributed by atoms with Crippen molar-refractivity contribution in [3.8, 4) is 0 Å². The molecule has 4 rings (SSSR count). The second-order valence-electron chi connectivity index (χ2n) is 11.8. The van der Waals surface area contributed by atoms with Crippen molar-refractivity contribution < 1.29 is 58.6 Å². The number of aliphatic carboxylic acids is 4. The molecule has 0 aromatic rings. The van der Waals surface area contributed by atoms with E-state index in [1.807, 2.05) is 0 Å². The number of rotatable bonds is 18. The summed E-state index contributed by atoms with van der Waals surface area (Å²) in [5, 5.41) is 38.6. The van der Waals surface area contributed by atoms with Crippen molar-refractivity contribution >= 4 is 29.7 Å². The zero-order valence-electron chi connectivity index (χ0n) is 22.0. The Morgan fingerprint density at radius 1 is 0.667 bits per heavy atom. The van der Waals surface area contributed by atoms with Crippen LogP contribution in [0.4, 0.5) is 0 Å². The summed E-state index contributed by atoms with van der Waals surface area (Å²) in [7, 11) is 0. The van der Waals surface area contributed by atoms with Gasteiger partial charge < -0.3 is 34.6 Å². The number of hydrogen-bond donors (Lipinski definition) is 4. The van der Waals surface area contributed by atoms with Gasteiger partial charge in [-0.15, -0.1) is 0 Å². The van der Waals surface area contributed by atoms with Gasteiger partial charge >= 0.3 is 23.9 Å². The van der Waals surface area contributed by atoms with Crippen molar-refractivity contribution in [1.29, 1.82) is 0 Å². The number of Topliss-reactive ketones (excluding diaryl/α,β-unsaturated/α-hetero) is 1. The molecule has 0 aromatic carbocycles. The molecule has 4 N–H and O–H groups in total. The van der Waals surface area contributed by atoms with E-state index in [0.717, 1.165) is 0 Å². The van der Waals surface area contributed by atoms with E-state index in [1.54, 1.807) is 0 Å². The van der Waals surface area contributed by atoms with Gasteiger partial charge in [0.05, 0.1) is 38.1 Å². The molecule has 4 aliphatic rings. The lowest BCUT2D eigenvalue weighted by Gasteiger charge is -2.62. The summed E-state index contributed by atoms with van der Waals surface area (Å²) in [5.74, 6) is -5.20. The average Bonchev–Trinajstić information content (AvgIpc) is 3.70. The van der Waals surface area contributed by atoms with Crippen molar-refractivity contribution in [3.63, 3.8) is 0 Å². The van der Waals surface area contributed by atoms with Crippen LogP contribution in [0.2, 0.25) is 0 Å². The number of carboxylic acid groups (broad SMARTS) is 4. The van der Waals surface area contributed by atoms with Crippen LogP contribution in [0.3, 0.4) is 0 Å². The second kappa shape index (κ2) is 11.5. The van der Waals surface area contributed by atoms with E-state index in [-0.39, 0.29) is 82.0 Å². The van der Waals surface area contributed by atoms with Gasteiger partial charge in [0.25, 0.3) is 0 Å². The smallest absolute Gasteiger partial charge is 0.303 e. The molecule has 0 aromatic heterocycles. The fourth-order valence-corrected chi connectivity index (χ4v) is 7.45. The summed E-state index contributed by atoms with van der Waals surface area (Å²) < 4.78 is 16.8. The van der Waals surface area contributed by atoms with Gasteiger partial charge in [0.1, 0.15) is 5.78 Å². The van der Waals surface area contributed by atoms with E-state index in [2.05, 4.69) is 0 Å². The lowest BCUT2D eigenvalue weighted by molar-refractivity contribution is -0.181. The van der Waals surface area contributed by atoms with Crippen molar-refractivity contribution in [1.82, 2.24) is 0 Å². The molecule has 1 saturated carbocycles. The summed E-state index contributed by atoms with van der Waals surface area (Å²) in [5.41, 5.74) is -3.68. The van der Waals surface area contributed by atoms with E-state index in [9.17, 15) is 39.6 Å². The van der Waals surface area contributed by atoms with Crippen molar-refractivity contribution in [3.05, 3.63) is 0 Å². The number of carbonyl (C=O) groups is 5. The first kappa shape index (κ1) is 29.4. The number of carboxylic acids is 4. The molecule has 0 spiro atoms. The van der Waals surface area contributed by atoms with Crippen LogP contribution < -0.4 is 0 Å². The molecule has 4 fully saturated rings. The zero-order chi connectivity index (χ0) is 28.4. The van der Waals surface area contributed by atoms with Crippen LogP contribution in [0.5, 0.6) is 0 Å². The van der Waals surface area contributed by atoms with Crippen LogP contribution in [0, 0.1) is 22.2 Å². The minimum atomic E-state index is -1.45. The van der Waals surface area contributed by atoms with Crippen LogP contribution in [0.15, 0.2) is 0 Å². The Hall–Kier alpha value is -2.57. The Balaban J connectivity index is 1.91. The molecule has 12 nitrogen and oxygen atoms in total. The van der Waals surface area contributed by atoms with E-state index in [0.29, 0.717) is 39.1 Å². The zero-order valence-corrected chi connectivity index (χ0v) is 22.0. The van der Waals surface area contributed by atoms with Crippen LogP contribution in [-0.2, 0) is 38.2 Å². The maximum absolute atomic E-state index is 15.0. The van der Waals surface area contributed by atoms with Gasteiger partial charge in [0, 0.05) is 36.5 Å². The lowest BCUT2D eigenvalue weighted by atomic mass is 9.39. The maximum atomic E-state index is 15.0. The van der Waals surface area contributed by atoms with E-state index >= 15 is 4.79 Å². The van der Waals surface area contributed by atoms with E-state index < -0.39 is 45.9 Å². The number of carbonyl (C=O) groups excluding carboxylic acids is 1. The quantitative estimate of drug-likeness (QED) is 0.180. The van der Waals surface area contributed by atoms with Crippen LogP contribution in [0.25, 0.3) is 0 Å². The van der Waals surface area contributed by atoms with Crippen molar-refractivity contribution in [2.45, 2.75) is 95.4 Å². The summed E-state index contributed by atoms with van der Waals surface area (Å²) in [6.45, 7) is 1.48. The Kier molecular flexibility index (Phi) is 8.67. The molecule has 12 heteroatoms. The summed E-state index contributed by atoms with van der Waals surface area (Å²) in [4.78, 5) is 62.2. The topological polar surface area (TPSA) is 204 Å². The average molecular weight is 555 g/mol.